The molecule has 0 saturated carbocycles. The van der Waals surface area contributed by atoms with Crippen LogP contribution in [-0.4, -0.2) is 37.9 Å². The molecule has 0 spiro atoms. The van der Waals surface area contributed by atoms with Gasteiger partial charge in [0.2, 0.25) is 11.1 Å². The largest absolute Gasteiger partial charge is 0.353 e. The Morgan fingerprint density at radius 1 is 1.35 bits per heavy atom. The van der Waals surface area contributed by atoms with Gasteiger partial charge in [-0.25, -0.2) is 4.68 Å². The van der Waals surface area contributed by atoms with Crippen molar-refractivity contribution in [3.8, 4) is 0 Å². The van der Waals surface area contributed by atoms with Gasteiger partial charge >= 0.3 is 0 Å². The number of amides is 1. The molecule has 0 saturated heterocycles. The number of rotatable bonds is 7. The third-order valence-electron chi connectivity index (χ3n) is 4.12. The highest BCUT2D eigenvalue weighted by atomic mass is 32.2. The second-order valence-corrected chi connectivity index (χ2v) is 7.12. The molecule has 7 heteroatoms. The molecule has 0 aliphatic rings. The Hall–Kier alpha value is -1.89. The molecular formula is C16H23N5OS. The zero-order valence-corrected chi connectivity index (χ0v) is 14.8. The summed E-state index contributed by atoms with van der Waals surface area (Å²) in [7, 11) is 1.78. The van der Waals surface area contributed by atoms with Crippen LogP contribution in [0.1, 0.15) is 32.8 Å². The number of aryl methyl sites for hydroxylation is 1. The number of carbonyl (C=O) groups excluding carboxylic acids is 1. The number of carbonyl (C=O) groups is 1. The zero-order chi connectivity index (χ0) is 16.9. The van der Waals surface area contributed by atoms with Gasteiger partial charge in [0.05, 0.1) is 0 Å². The lowest BCUT2D eigenvalue weighted by Gasteiger charge is -2.33. The van der Waals surface area contributed by atoms with E-state index in [0.717, 1.165) is 5.16 Å². The van der Waals surface area contributed by atoms with E-state index in [1.54, 1.807) is 11.7 Å². The van der Waals surface area contributed by atoms with Crippen molar-refractivity contribution in [3.63, 3.8) is 0 Å². The topological polar surface area (TPSA) is 72.7 Å². The first kappa shape index (κ1) is 17.5. The quantitative estimate of drug-likeness (QED) is 0.786. The van der Waals surface area contributed by atoms with E-state index in [2.05, 4.69) is 46.8 Å². The van der Waals surface area contributed by atoms with E-state index in [-0.39, 0.29) is 17.4 Å². The molecule has 0 radical (unpaired) electrons. The van der Waals surface area contributed by atoms with Gasteiger partial charge in [-0.15, -0.1) is 5.10 Å². The van der Waals surface area contributed by atoms with Crippen molar-refractivity contribution in [2.75, 3.05) is 5.75 Å². The SMILES string of the molecule is CC(NC(=O)CCSc1nnnn1C)C(C)(C)c1ccccc1. The van der Waals surface area contributed by atoms with Gasteiger partial charge in [-0.2, -0.15) is 0 Å². The molecule has 2 rings (SSSR count). The van der Waals surface area contributed by atoms with Crippen LogP contribution in [0.2, 0.25) is 0 Å². The van der Waals surface area contributed by atoms with Gasteiger partial charge in [0.1, 0.15) is 0 Å². The summed E-state index contributed by atoms with van der Waals surface area (Å²) in [5, 5.41) is 15.0. The van der Waals surface area contributed by atoms with Crippen LogP contribution in [0.3, 0.4) is 0 Å². The average Bonchev–Trinajstić information content (AvgIpc) is 2.93. The average molecular weight is 333 g/mol. The molecule has 23 heavy (non-hydrogen) atoms. The number of aromatic nitrogens is 4. The maximum Gasteiger partial charge on any atom is 0.221 e. The van der Waals surface area contributed by atoms with Crippen LogP contribution in [0, 0.1) is 0 Å². The molecule has 1 N–H and O–H groups in total. The summed E-state index contributed by atoms with van der Waals surface area (Å²) in [6.45, 7) is 6.34. The monoisotopic (exact) mass is 333 g/mol. The van der Waals surface area contributed by atoms with Crippen LogP contribution in [0.15, 0.2) is 35.5 Å². The molecule has 6 nitrogen and oxygen atoms in total. The Bertz CT molecular complexity index is 641. The lowest BCUT2D eigenvalue weighted by molar-refractivity contribution is -0.121. The summed E-state index contributed by atoms with van der Waals surface area (Å²) < 4.78 is 1.60. The molecular weight excluding hydrogens is 310 g/mol. The van der Waals surface area contributed by atoms with Crippen LogP contribution in [0.4, 0.5) is 0 Å². The summed E-state index contributed by atoms with van der Waals surface area (Å²) in [5.74, 6) is 0.697. The molecule has 0 aliphatic heterocycles. The summed E-state index contributed by atoms with van der Waals surface area (Å²) in [5.41, 5.74) is 1.09. The lowest BCUT2D eigenvalue weighted by Crippen LogP contribution is -2.45. The third kappa shape index (κ3) is 4.54. The van der Waals surface area contributed by atoms with Gasteiger partial charge in [-0.05, 0) is 22.9 Å². The smallest absolute Gasteiger partial charge is 0.221 e. The molecule has 1 amide bonds. The van der Waals surface area contributed by atoms with Crippen molar-refractivity contribution in [3.05, 3.63) is 35.9 Å². The Kier molecular flexibility index (Phi) is 5.76. The summed E-state index contributed by atoms with van der Waals surface area (Å²) >= 11 is 1.48. The number of thioether (sulfide) groups is 1. The number of nitrogens with zero attached hydrogens (tertiary/aromatic N) is 4. The Morgan fingerprint density at radius 2 is 2.04 bits per heavy atom. The zero-order valence-electron chi connectivity index (χ0n) is 14.0. The first-order valence-electron chi connectivity index (χ1n) is 7.61. The van der Waals surface area contributed by atoms with E-state index in [1.807, 2.05) is 25.1 Å². The molecule has 1 aromatic carbocycles. The van der Waals surface area contributed by atoms with Crippen LogP contribution < -0.4 is 5.32 Å². The fraction of sp³-hybridized carbons (Fsp3) is 0.500. The minimum absolute atomic E-state index is 0.0406. The molecule has 1 aromatic heterocycles. The van der Waals surface area contributed by atoms with Gasteiger partial charge in [-0.1, -0.05) is 55.9 Å². The Balaban J connectivity index is 1.83. The highest BCUT2D eigenvalue weighted by Gasteiger charge is 2.28. The molecule has 0 bridgehead atoms. The van der Waals surface area contributed by atoms with Crippen molar-refractivity contribution in [2.45, 2.75) is 43.8 Å². The maximum atomic E-state index is 12.2. The van der Waals surface area contributed by atoms with Crippen molar-refractivity contribution >= 4 is 17.7 Å². The number of hydrogen-bond donors (Lipinski definition) is 1. The molecule has 1 heterocycles. The first-order chi connectivity index (χ1) is 10.9. The van der Waals surface area contributed by atoms with Gasteiger partial charge in [0.25, 0.3) is 0 Å². The fourth-order valence-electron chi connectivity index (χ4n) is 2.19. The Morgan fingerprint density at radius 3 is 2.65 bits per heavy atom. The molecule has 0 aliphatic carbocycles. The van der Waals surface area contributed by atoms with E-state index in [0.29, 0.717) is 12.2 Å². The molecule has 1 unspecified atom stereocenters. The first-order valence-corrected chi connectivity index (χ1v) is 8.60. The van der Waals surface area contributed by atoms with E-state index in [9.17, 15) is 4.79 Å². The van der Waals surface area contributed by atoms with E-state index < -0.39 is 0 Å². The summed E-state index contributed by atoms with van der Waals surface area (Å²) in [6.07, 6.45) is 0.437. The lowest BCUT2D eigenvalue weighted by atomic mass is 9.78. The number of nitrogens with one attached hydrogen (secondary N) is 1. The predicted molar refractivity (Wildman–Crippen MR) is 91.2 cm³/mol. The second kappa shape index (κ2) is 7.59. The van der Waals surface area contributed by atoms with Crippen LogP contribution >= 0.6 is 11.8 Å². The molecule has 0 fully saturated rings. The predicted octanol–water partition coefficient (Wildman–Crippen LogP) is 2.17. The number of hydrogen-bond acceptors (Lipinski definition) is 5. The van der Waals surface area contributed by atoms with Crippen molar-refractivity contribution in [1.29, 1.82) is 0 Å². The number of tetrazole rings is 1. The van der Waals surface area contributed by atoms with Crippen molar-refractivity contribution < 1.29 is 4.79 Å². The molecule has 124 valence electrons. The van der Waals surface area contributed by atoms with Gasteiger partial charge < -0.3 is 5.32 Å². The summed E-state index contributed by atoms with van der Waals surface area (Å²) in [4.78, 5) is 12.2. The highest BCUT2D eigenvalue weighted by Crippen LogP contribution is 2.26. The van der Waals surface area contributed by atoms with E-state index in [4.69, 9.17) is 0 Å². The minimum Gasteiger partial charge on any atom is -0.353 e. The maximum absolute atomic E-state index is 12.2. The fourth-order valence-corrected chi connectivity index (χ4v) is 2.98. The van der Waals surface area contributed by atoms with Crippen LogP contribution in [0.5, 0.6) is 0 Å². The third-order valence-corrected chi connectivity index (χ3v) is 5.13. The normalized spacial score (nSPS) is 12.9. The molecule has 1 atom stereocenters. The minimum atomic E-state index is -0.127. The second-order valence-electron chi connectivity index (χ2n) is 6.06. The van der Waals surface area contributed by atoms with Gasteiger partial charge in [-0.3, -0.25) is 4.79 Å². The van der Waals surface area contributed by atoms with Crippen LogP contribution in [0.25, 0.3) is 0 Å². The van der Waals surface area contributed by atoms with Crippen LogP contribution in [-0.2, 0) is 17.3 Å². The van der Waals surface area contributed by atoms with Gasteiger partial charge in [0, 0.05) is 30.7 Å². The Labute approximate surface area is 141 Å². The molecule has 2 aromatic rings. The van der Waals surface area contributed by atoms with E-state index in [1.165, 1.54) is 17.3 Å². The number of benzene rings is 1. The highest BCUT2D eigenvalue weighted by molar-refractivity contribution is 7.99. The summed E-state index contributed by atoms with van der Waals surface area (Å²) in [6, 6.07) is 10.3. The standard InChI is InChI=1S/C16H23N5OS/c1-12(16(2,3)13-8-6-5-7-9-13)17-14(22)10-11-23-15-18-19-20-21(15)4/h5-9,12H,10-11H2,1-4H3,(H,17,22). The van der Waals surface area contributed by atoms with Crippen molar-refractivity contribution in [1.82, 2.24) is 25.5 Å². The van der Waals surface area contributed by atoms with E-state index >= 15 is 0 Å². The van der Waals surface area contributed by atoms with Crippen molar-refractivity contribution in [2.24, 2.45) is 7.05 Å². The van der Waals surface area contributed by atoms with Gasteiger partial charge in [0.15, 0.2) is 0 Å².